The molecule has 1 atom stereocenters. The van der Waals surface area contributed by atoms with Crippen molar-refractivity contribution in [1.29, 1.82) is 0 Å². The van der Waals surface area contributed by atoms with Crippen LogP contribution >= 0.6 is 0 Å². The molecule has 2 aromatic rings. The SMILES string of the molecule is Cc1ccc2cc(C3=CCC(C4CC[CH-]CC4)CC3)ccc2c1.[Rb+]. The zero-order valence-electron chi connectivity index (χ0n) is 15.2. The summed E-state index contributed by atoms with van der Waals surface area (Å²) in [5, 5.41) is 2.74. The maximum atomic E-state index is 2.54. The van der Waals surface area contributed by atoms with Crippen LogP contribution in [0.4, 0.5) is 0 Å². The van der Waals surface area contributed by atoms with Gasteiger partial charge in [0.25, 0.3) is 0 Å². The quantitative estimate of drug-likeness (QED) is 0.688. The van der Waals surface area contributed by atoms with Gasteiger partial charge in [-0.05, 0) is 66.0 Å². The van der Waals surface area contributed by atoms with E-state index in [0.29, 0.717) is 0 Å². The first kappa shape index (κ1) is 19.0. The zero-order chi connectivity index (χ0) is 15.6. The Kier molecular flexibility index (Phi) is 6.94. The van der Waals surface area contributed by atoms with Crippen LogP contribution in [0.25, 0.3) is 16.3 Å². The number of hydrogen-bond donors (Lipinski definition) is 0. The molecule has 0 radical (unpaired) electrons. The van der Waals surface area contributed by atoms with E-state index in [0.717, 1.165) is 11.8 Å². The molecule has 2 aliphatic rings. The van der Waals surface area contributed by atoms with Crippen LogP contribution in [0, 0.1) is 25.2 Å². The summed E-state index contributed by atoms with van der Waals surface area (Å²) in [4.78, 5) is 0. The van der Waals surface area contributed by atoms with Gasteiger partial charge in [-0.15, -0.1) is 0 Å². The largest absolute Gasteiger partial charge is 1.00 e. The Bertz CT molecular complexity index is 722. The molecule has 2 aromatic carbocycles. The first-order chi connectivity index (χ1) is 11.3. The van der Waals surface area contributed by atoms with E-state index >= 15 is 0 Å². The fraction of sp³-hybridized carbons (Fsp3) is 0.435. The number of benzene rings is 2. The molecule has 1 fully saturated rings. The van der Waals surface area contributed by atoms with Gasteiger partial charge in [-0.2, -0.15) is 12.8 Å². The van der Waals surface area contributed by atoms with E-state index in [1.54, 1.807) is 5.57 Å². The minimum absolute atomic E-state index is 0. The minimum atomic E-state index is 0. The van der Waals surface area contributed by atoms with Crippen LogP contribution in [0.5, 0.6) is 0 Å². The summed E-state index contributed by atoms with van der Waals surface area (Å²) in [6, 6.07) is 13.8. The number of fused-ring (bicyclic) bond motifs is 1. The van der Waals surface area contributed by atoms with Crippen LogP contribution in [0.15, 0.2) is 42.5 Å². The predicted octanol–water partition coefficient (Wildman–Crippen LogP) is 3.73. The van der Waals surface area contributed by atoms with Crippen LogP contribution < -0.4 is 58.2 Å². The van der Waals surface area contributed by atoms with Gasteiger partial charge >= 0.3 is 58.2 Å². The van der Waals surface area contributed by atoms with Crippen LogP contribution in [0.2, 0.25) is 0 Å². The molecule has 0 heterocycles. The van der Waals surface area contributed by atoms with Crippen molar-refractivity contribution in [3.8, 4) is 0 Å². The van der Waals surface area contributed by atoms with Crippen LogP contribution in [-0.2, 0) is 0 Å². The molecule has 0 aliphatic heterocycles. The number of hydrogen-bond acceptors (Lipinski definition) is 0. The van der Waals surface area contributed by atoms with Crippen LogP contribution in [0.1, 0.15) is 56.1 Å². The zero-order valence-corrected chi connectivity index (χ0v) is 20.1. The molecule has 0 aromatic heterocycles. The smallest absolute Gasteiger partial charge is 0.328 e. The predicted molar refractivity (Wildman–Crippen MR) is 100 cm³/mol. The summed E-state index contributed by atoms with van der Waals surface area (Å²) in [6.45, 7) is 2.17. The van der Waals surface area contributed by atoms with E-state index < -0.39 is 0 Å². The topological polar surface area (TPSA) is 0 Å². The van der Waals surface area contributed by atoms with Crippen molar-refractivity contribution < 1.29 is 58.2 Å². The molecule has 0 N–H and O–H groups in total. The van der Waals surface area contributed by atoms with Crippen LogP contribution in [0.3, 0.4) is 0 Å². The maximum absolute atomic E-state index is 2.54. The molecule has 1 unspecified atom stereocenters. The molecule has 0 saturated heterocycles. The van der Waals surface area contributed by atoms with Gasteiger partial charge in [-0.1, -0.05) is 54.8 Å². The Morgan fingerprint density at radius 1 is 0.875 bits per heavy atom. The molecule has 0 nitrogen and oxygen atoms in total. The van der Waals surface area contributed by atoms with E-state index in [1.165, 1.54) is 66.8 Å². The number of rotatable bonds is 2. The van der Waals surface area contributed by atoms with Crippen molar-refractivity contribution in [1.82, 2.24) is 0 Å². The van der Waals surface area contributed by atoms with Crippen molar-refractivity contribution in [3.05, 3.63) is 60.0 Å². The van der Waals surface area contributed by atoms with Crippen molar-refractivity contribution in [2.24, 2.45) is 11.8 Å². The van der Waals surface area contributed by atoms with Crippen molar-refractivity contribution in [3.63, 3.8) is 0 Å². The molecule has 0 bridgehead atoms. The number of allylic oxidation sites excluding steroid dienone is 2. The summed E-state index contributed by atoms with van der Waals surface area (Å²) >= 11 is 0. The summed E-state index contributed by atoms with van der Waals surface area (Å²) in [6.07, 6.45) is 14.5. The molecule has 1 saturated carbocycles. The second-order valence-electron chi connectivity index (χ2n) is 7.53. The van der Waals surface area contributed by atoms with Gasteiger partial charge in [0.1, 0.15) is 0 Å². The summed E-state index contributed by atoms with van der Waals surface area (Å²) in [5.74, 6) is 1.92. The van der Waals surface area contributed by atoms with E-state index in [4.69, 9.17) is 0 Å². The van der Waals surface area contributed by atoms with Gasteiger partial charge in [0.05, 0.1) is 0 Å². The fourth-order valence-corrected chi connectivity index (χ4v) is 4.53. The van der Waals surface area contributed by atoms with E-state index in [9.17, 15) is 0 Å². The third-order valence-corrected chi connectivity index (χ3v) is 5.97. The molecule has 0 amide bonds. The van der Waals surface area contributed by atoms with Gasteiger partial charge in [0, 0.05) is 0 Å². The third-order valence-electron chi connectivity index (χ3n) is 5.97. The normalized spacial score (nSPS) is 22.0. The molecule has 0 spiro atoms. The second-order valence-corrected chi connectivity index (χ2v) is 7.53. The third kappa shape index (κ3) is 4.31. The first-order valence-corrected chi connectivity index (χ1v) is 9.31. The van der Waals surface area contributed by atoms with Gasteiger partial charge in [-0.25, -0.2) is 0 Å². The van der Waals surface area contributed by atoms with E-state index in [2.05, 4.69) is 55.8 Å². The van der Waals surface area contributed by atoms with Crippen LogP contribution in [-0.4, -0.2) is 0 Å². The maximum Gasteiger partial charge on any atom is 1.00 e. The molecular weight excluding hydrogens is 362 g/mol. The van der Waals surface area contributed by atoms with E-state index in [1.807, 2.05) is 0 Å². The van der Waals surface area contributed by atoms with Gasteiger partial charge < -0.3 is 6.42 Å². The fourth-order valence-electron chi connectivity index (χ4n) is 4.53. The van der Waals surface area contributed by atoms with Crippen molar-refractivity contribution >= 4 is 16.3 Å². The Morgan fingerprint density at radius 2 is 1.62 bits per heavy atom. The van der Waals surface area contributed by atoms with Gasteiger partial charge in [0.2, 0.25) is 0 Å². The molecule has 1 heteroatoms. The second kappa shape index (κ2) is 8.76. The molecule has 120 valence electrons. The van der Waals surface area contributed by atoms with Gasteiger partial charge in [0.15, 0.2) is 0 Å². The molecule has 2 aliphatic carbocycles. The standard InChI is InChI=1S/C23H27.Rb/c1-17-7-8-23-16-22(14-13-21(23)15-17)20-11-9-19(10-12-20)18-5-3-2-4-6-18;/h2,7-8,11,13-16,18-19H,3-6,9-10,12H2,1H3;/q-1;+1. The average Bonchev–Trinajstić information content (AvgIpc) is 2.62. The minimum Gasteiger partial charge on any atom is -0.328 e. The Hall–Kier alpha value is 0.245. The molecule has 24 heavy (non-hydrogen) atoms. The monoisotopic (exact) mass is 388 g/mol. The van der Waals surface area contributed by atoms with E-state index in [-0.39, 0.29) is 58.2 Å². The molecule has 4 rings (SSSR count). The Morgan fingerprint density at radius 3 is 2.38 bits per heavy atom. The summed E-state index contributed by atoms with van der Waals surface area (Å²) in [7, 11) is 0. The Labute approximate surface area is 195 Å². The summed E-state index contributed by atoms with van der Waals surface area (Å²) in [5.41, 5.74) is 4.36. The first-order valence-electron chi connectivity index (χ1n) is 9.31. The average molecular weight is 389 g/mol. The van der Waals surface area contributed by atoms with Crippen molar-refractivity contribution in [2.75, 3.05) is 0 Å². The molecular formula is C23H27Rb. The summed E-state index contributed by atoms with van der Waals surface area (Å²) < 4.78 is 0. The van der Waals surface area contributed by atoms with Crippen molar-refractivity contribution in [2.45, 2.75) is 51.9 Å². The van der Waals surface area contributed by atoms with Gasteiger partial charge in [-0.3, -0.25) is 0 Å². The number of aryl methyl sites for hydroxylation is 1. The Balaban J connectivity index is 0.00000169.